The number of rotatable bonds is 4. The predicted octanol–water partition coefficient (Wildman–Crippen LogP) is 4.51. The van der Waals surface area contributed by atoms with Crippen molar-refractivity contribution in [2.24, 2.45) is 0 Å². The number of benzene rings is 1. The first-order valence-electron chi connectivity index (χ1n) is 6.64. The summed E-state index contributed by atoms with van der Waals surface area (Å²) in [7, 11) is -1.76. The molecule has 0 fully saturated rings. The Labute approximate surface area is 112 Å². The van der Waals surface area contributed by atoms with Crippen molar-refractivity contribution in [3.05, 3.63) is 29.8 Å². The third-order valence-electron chi connectivity index (χ3n) is 3.83. The van der Waals surface area contributed by atoms with Crippen LogP contribution in [0.1, 0.15) is 45.8 Å². The lowest BCUT2D eigenvalue weighted by Gasteiger charge is -2.36. The molecule has 1 N–H and O–H groups in total. The zero-order valence-corrected chi connectivity index (χ0v) is 13.4. The Balaban J connectivity index is 2.81. The minimum absolute atomic E-state index is 0.203. The molecule has 0 bridgehead atoms. The van der Waals surface area contributed by atoms with Gasteiger partial charge < -0.3 is 9.53 Å². The van der Waals surface area contributed by atoms with Crippen molar-refractivity contribution >= 4 is 8.32 Å². The predicted molar refractivity (Wildman–Crippen MR) is 79.5 cm³/mol. The first kappa shape index (κ1) is 15.3. The Morgan fingerprint density at radius 2 is 1.67 bits per heavy atom. The van der Waals surface area contributed by atoms with Crippen molar-refractivity contribution in [1.82, 2.24) is 0 Å². The van der Waals surface area contributed by atoms with E-state index < -0.39 is 8.32 Å². The molecule has 0 heterocycles. The molecule has 1 unspecified atom stereocenters. The van der Waals surface area contributed by atoms with Gasteiger partial charge in [0.1, 0.15) is 5.75 Å². The molecule has 0 aliphatic carbocycles. The summed E-state index contributed by atoms with van der Waals surface area (Å²) in [5, 5.41) is 9.95. The van der Waals surface area contributed by atoms with E-state index in [1.54, 1.807) is 0 Å². The van der Waals surface area contributed by atoms with Crippen LogP contribution >= 0.6 is 0 Å². The molecule has 18 heavy (non-hydrogen) atoms. The van der Waals surface area contributed by atoms with Crippen molar-refractivity contribution in [3.8, 4) is 5.75 Å². The van der Waals surface area contributed by atoms with E-state index in [0.717, 1.165) is 17.7 Å². The quantitative estimate of drug-likeness (QED) is 0.812. The summed E-state index contributed by atoms with van der Waals surface area (Å²) in [5.41, 5.74) is 0.958. The smallest absolute Gasteiger partial charge is 0.250 e. The third-order valence-corrected chi connectivity index (χ3v) is 8.19. The highest BCUT2D eigenvalue weighted by Gasteiger charge is 2.38. The SMILES string of the molecule is CCC(O)c1ccc(O[Si](C)(C)C(C)(C)C)cc1. The Morgan fingerprint density at radius 3 is 2.06 bits per heavy atom. The fourth-order valence-corrected chi connectivity index (χ4v) is 2.47. The molecule has 102 valence electrons. The Kier molecular flexibility index (Phi) is 4.62. The van der Waals surface area contributed by atoms with Crippen LogP contribution in [0, 0.1) is 0 Å². The van der Waals surface area contributed by atoms with Crippen molar-refractivity contribution in [2.75, 3.05) is 0 Å². The van der Waals surface area contributed by atoms with E-state index >= 15 is 0 Å². The van der Waals surface area contributed by atoms with Crippen LogP contribution in [0.15, 0.2) is 24.3 Å². The van der Waals surface area contributed by atoms with Crippen molar-refractivity contribution in [3.63, 3.8) is 0 Å². The molecule has 1 aromatic rings. The highest BCUT2D eigenvalue weighted by molar-refractivity contribution is 6.74. The van der Waals surface area contributed by atoms with Gasteiger partial charge in [0.05, 0.1) is 6.10 Å². The summed E-state index contributed by atoms with van der Waals surface area (Å²) in [5.74, 6) is 0.911. The number of aliphatic hydroxyl groups excluding tert-OH is 1. The monoisotopic (exact) mass is 266 g/mol. The van der Waals surface area contributed by atoms with Gasteiger partial charge in [-0.25, -0.2) is 0 Å². The van der Waals surface area contributed by atoms with Crippen molar-refractivity contribution < 1.29 is 9.53 Å². The maximum absolute atomic E-state index is 9.75. The molecule has 0 saturated carbocycles. The number of hydrogen-bond acceptors (Lipinski definition) is 2. The summed E-state index contributed by atoms with van der Waals surface area (Å²) in [6.07, 6.45) is 0.370. The topological polar surface area (TPSA) is 29.5 Å². The van der Waals surface area contributed by atoms with Gasteiger partial charge in [0.2, 0.25) is 8.32 Å². The van der Waals surface area contributed by atoms with Crippen molar-refractivity contribution in [2.45, 2.75) is 58.4 Å². The van der Waals surface area contributed by atoms with Gasteiger partial charge in [0, 0.05) is 0 Å². The van der Waals surface area contributed by atoms with E-state index in [0.29, 0.717) is 0 Å². The minimum atomic E-state index is -1.76. The molecule has 1 aromatic carbocycles. The molecule has 3 heteroatoms. The van der Waals surface area contributed by atoms with Crippen LogP contribution in [-0.4, -0.2) is 13.4 Å². The molecule has 0 saturated heterocycles. The van der Waals surface area contributed by atoms with Gasteiger partial charge in [-0.05, 0) is 42.2 Å². The van der Waals surface area contributed by atoms with Crippen LogP contribution in [0.2, 0.25) is 18.1 Å². The highest BCUT2D eigenvalue weighted by Crippen LogP contribution is 2.37. The lowest BCUT2D eigenvalue weighted by Crippen LogP contribution is -2.43. The standard InChI is InChI=1S/C15H26O2Si/c1-7-14(16)12-8-10-13(11-9-12)17-18(5,6)15(2,3)4/h8-11,14,16H,7H2,1-6H3. The summed E-state index contributed by atoms with van der Waals surface area (Å²) < 4.78 is 6.19. The molecule has 0 radical (unpaired) electrons. The van der Waals surface area contributed by atoms with E-state index in [2.05, 4.69) is 33.9 Å². The van der Waals surface area contributed by atoms with Crippen LogP contribution in [0.5, 0.6) is 5.75 Å². The average Bonchev–Trinajstić information content (AvgIpc) is 2.27. The van der Waals surface area contributed by atoms with Gasteiger partial charge in [0.25, 0.3) is 0 Å². The molecule has 0 spiro atoms. The van der Waals surface area contributed by atoms with Crippen LogP contribution < -0.4 is 4.43 Å². The minimum Gasteiger partial charge on any atom is -0.544 e. The van der Waals surface area contributed by atoms with E-state index in [-0.39, 0.29) is 11.1 Å². The zero-order chi connectivity index (χ0) is 14.0. The second-order valence-corrected chi connectivity index (χ2v) is 11.1. The second kappa shape index (κ2) is 5.45. The summed E-state index contributed by atoms with van der Waals surface area (Å²) in [6, 6.07) is 7.84. The van der Waals surface area contributed by atoms with Gasteiger partial charge in [-0.1, -0.05) is 39.8 Å². The van der Waals surface area contributed by atoms with Crippen LogP contribution in [0.3, 0.4) is 0 Å². The average molecular weight is 266 g/mol. The zero-order valence-electron chi connectivity index (χ0n) is 12.4. The highest BCUT2D eigenvalue weighted by atomic mass is 28.4. The van der Waals surface area contributed by atoms with Crippen molar-refractivity contribution in [1.29, 1.82) is 0 Å². The fourth-order valence-electron chi connectivity index (χ4n) is 1.44. The van der Waals surface area contributed by atoms with E-state index in [1.165, 1.54) is 0 Å². The Bertz CT molecular complexity index is 376. The summed E-state index contributed by atoms with van der Waals surface area (Å²) in [6.45, 7) is 13.1. The van der Waals surface area contributed by atoms with Gasteiger partial charge in [-0.3, -0.25) is 0 Å². The van der Waals surface area contributed by atoms with E-state index in [1.807, 2.05) is 31.2 Å². The first-order valence-corrected chi connectivity index (χ1v) is 9.55. The molecular weight excluding hydrogens is 240 g/mol. The lowest BCUT2D eigenvalue weighted by molar-refractivity contribution is 0.173. The Morgan fingerprint density at radius 1 is 1.17 bits per heavy atom. The first-order chi connectivity index (χ1) is 8.17. The third kappa shape index (κ3) is 3.59. The number of aliphatic hydroxyl groups is 1. The molecule has 1 atom stereocenters. The largest absolute Gasteiger partial charge is 0.544 e. The normalized spacial score (nSPS) is 14.4. The molecular formula is C15H26O2Si. The molecule has 2 nitrogen and oxygen atoms in total. The molecule has 1 rings (SSSR count). The molecule has 0 aliphatic heterocycles. The molecule has 0 amide bonds. The maximum atomic E-state index is 9.75. The van der Waals surface area contributed by atoms with Crippen LogP contribution in [0.25, 0.3) is 0 Å². The summed E-state index contributed by atoms with van der Waals surface area (Å²) >= 11 is 0. The number of hydrogen-bond donors (Lipinski definition) is 1. The van der Waals surface area contributed by atoms with Crippen LogP contribution in [-0.2, 0) is 0 Å². The van der Waals surface area contributed by atoms with Crippen LogP contribution in [0.4, 0.5) is 0 Å². The molecule has 0 aromatic heterocycles. The second-order valence-electron chi connectivity index (χ2n) is 6.36. The van der Waals surface area contributed by atoms with Gasteiger partial charge in [-0.2, -0.15) is 0 Å². The van der Waals surface area contributed by atoms with E-state index in [4.69, 9.17) is 4.43 Å². The van der Waals surface area contributed by atoms with E-state index in [9.17, 15) is 5.11 Å². The van der Waals surface area contributed by atoms with Gasteiger partial charge in [-0.15, -0.1) is 0 Å². The van der Waals surface area contributed by atoms with Gasteiger partial charge in [0.15, 0.2) is 0 Å². The summed E-state index contributed by atoms with van der Waals surface area (Å²) in [4.78, 5) is 0. The maximum Gasteiger partial charge on any atom is 0.250 e. The lowest BCUT2D eigenvalue weighted by atomic mass is 10.1. The molecule has 0 aliphatic rings. The Hall–Kier alpha value is -0.803. The fraction of sp³-hybridized carbons (Fsp3) is 0.600. The van der Waals surface area contributed by atoms with Gasteiger partial charge >= 0.3 is 0 Å².